The van der Waals surface area contributed by atoms with Crippen molar-refractivity contribution in [3.63, 3.8) is 0 Å². The molecule has 0 bridgehead atoms. The number of amides is 2. The zero-order chi connectivity index (χ0) is 25.9. The Kier molecular flexibility index (Phi) is 7.11. The minimum atomic E-state index is -0.535. The van der Waals surface area contributed by atoms with Crippen molar-refractivity contribution < 1.29 is 23.4 Å². The Bertz CT molecular complexity index is 1220. The van der Waals surface area contributed by atoms with Crippen LogP contribution < -0.4 is 14.8 Å². The van der Waals surface area contributed by atoms with Gasteiger partial charge in [-0.05, 0) is 45.0 Å². The van der Waals surface area contributed by atoms with Gasteiger partial charge in [0.2, 0.25) is 11.8 Å². The molecule has 1 saturated heterocycles. The summed E-state index contributed by atoms with van der Waals surface area (Å²) in [6.07, 6.45) is 5.35. The molecule has 1 fully saturated rings. The molecule has 1 aliphatic rings. The number of rotatable bonds is 6. The van der Waals surface area contributed by atoms with Crippen LogP contribution in [0.5, 0.6) is 11.6 Å². The SMILES string of the molecule is C[C@H](C(=O)Nc1cnc(Oc2ccc(F)cc2)cn1)N1CCN(C(=O)c2cc[n+]([O-])cc2)C(C)(C)C1. The highest BCUT2D eigenvalue weighted by atomic mass is 19.1. The third-order valence-corrected chi connectivity index (χ3v) is 6.07. The molecular formula is C25H27FN6O4. The summed E-state index contributed by atoms with van der Waals surface area (Å²) in [6.45, 7) is 7.12. The normalized spacial score (nSPS) is 16.3. The van der Waals surface area contributed by atoms with Crippen molar-refractivity contribution in [3.8, 4) is 11.6 Å². The number of piperazine rings is 1. The molecule has 0 aliphatic carbocycles. The van der Waals surface area contributed by atoms with Gasteiger partial charge in [-0.2, -0.15) is 4.73 Å². The first-order chi connectivity index (χ1) is 17.1. The second-order valence-corrected chi connectivity index (χ2v) is 9.15. The van der Waals surface area contributed by atoms with Gasteiger partial charge in [-0.1, -0.05) is 0 Å². The highest BCUT2D eigenvalue weighted by molar-refractivity contribution is 5.95. The van der Waals surface area contributed by atoms with Crippen LogP contribution in [0, 0.1) is 11.0 Å². The summed E-state index contributed by atoms with van der Waals surface area (Å²) < 4.78 is 19.2. The molecule has 3 aromatic rings. The van der Waals surface area contributed by atoms with Crippen LogP contribution in [0.4, 0.5) is 10.2 Å². The third kappa shape index (κ3) is 5.74. The summed E-state index contributed by atoms with van der Waals surface area (Å²) in [5.41, 5.74) is -0.0911. The van der Waals surface area contributed by atoms with Crippen LogP contribution >= 0.6 is 0 Å². The average molecular weight is 495 g/mol. The van der Waals surface area contributed by atoms with E-state index in [2.05, 4.69) is 15.3 Å². The van der Waals surface area contributed by atoms with E-state index in [1.165, 1.54) is 61.2 Å². The molecule has 1 aliphatic heterocycles. The van der Waals surface area contributed by atoms with Crippen molar-refractivity contribution in [2.24, 2.45) is 0 Å². The predicted octanol–water partition coefficient (Wildman–Crippen LogP) is 2.61. The van der Waals surface area contributed by atoms with Gasteiger partial charge in [0, 0.05) is 31.8 Å². The number of ether oxygens (including phenoxy) is 1. The van der Waals surface area contributed by atoms with Crippen LogP contribution in [0.25, 0.3) is 0 Å². The number of benzene rings is 1. The number of nitrogens with one attached hydrogen (secondary N) is 1. The molecule has 188 valence electrons. The Morgan fingerprint density at radius 3 is 2.42 bits per heavy atom. The van der Waals surface area contributed by atoms with Crippen LogP contribution in [0.1, 0.15) is 31.1 Å². The van der Waals surface area contributed by atoms with Crippen LogP contribution in [0.15, 0.2) is 61.2 Å². The fourth-order valence-corrected chi connectivity index (χ4v) is 4.06. The monoisotopic (exact) mass is 494 g/mol. The molecule has 4 rings (SSSR count). The lowest BCUT2D eigenvalue weighted by Gasteiger charge is -2.48. The largest absolute Gasteiger partial charge is 0.619 e. The third-order valence-electron chi connectivity index (χ3n) is 6.07. The topological polar surface area (TPSA) is 115 Å². The number of carbonyl (C=O) groups is 2. The smallest absolute Gasteiger partial charge is 0.254 e. The number of carbonyl (C=O) groups excluding carboxylic acids is 2. The van der Waals surface area contributed by atoms with E-state index >= 15 is 0 Å². The summed E-state index contributed by atoms with van der Waals surface area (Å²) in [5, 5.41) is 14.0. The lowest BCUT2D eigenvalue weighted by atomic mass is 9.96. The molecule has 1 atom stereocenters. The Morgan fingerprint density at radius 2 is 1.81 bits per heavy atom. The van der Waals surface area contributed by atoms with Crippen molar-refractivity contribution in [2.45, 2.75) is 32.4 Å². The van der Waals surface area contributed by atoms with E-state index in [1.807, 2.05) is 18.7 Å². The molecule has 0 spiro atoms. The zero-order valence-corrected chi connectivity index (χ0v) is 20.2. The van der Waals surface area contributed by atoms with Gasteiger partial charge in [-0.15, -0.1) is 0 Å². The Labute approximate surface area is 207 Å². The second-order valence-electron chi connectivity index (χ2n) is 9.15. The Hall–Kier alpha value is -4.12. The van der Waals surface area contributed by atoms with Crippen LogP contribution in [-0.4, -0.2) is 62.8 Å². The molecule has 11 heteroatoms. The minimum Gasteiger partial charge on any atom is -0.619 e. The number of nitrogens with zero attached hydrogens (tertiary/aromatic N) is 5. The second kappa shape index (κ2) is 10.2. The molecule has 0 radical (unpaired) electrons. The summed E-state index contributed by atoms with van der Waals surface area (Å²) in [4.78, 5) is 38.0. The average Bonchev–Trinajstić information content (AvgIpc) is 2.85. The highest BCUT2D eigenvalue weighted by Gasteiger charge is 2.39. The molecule has 10 nitrogen and oxygen atoms in total. The number of halogens is 1. The van der Waals surface area contributed by atoms with Crippen LogP contribution in [0.3, 0.4) is 0 Å². The van der Waals surface area contributed by atoms with E-state index in [0.717, 1.165) is 0 Å². The molecule has 2 aromatic heterocycles. The fourth-order valence-electron chi connectivity index (χ4n) is 4.06. The lowest BCUT2D eigenvalue weighted by molar-refractivity contribution is -0.605. The maximum atomic E-state index is 13.0. The predicted molar refractivity (Wildman–Crippen MR) is 129 cm³/mol. The number of anilines is 1. The molecule has 0 saturated carbocycles. The van der Waals surface area contributed by atoms with Gasteiger partial charge in [0.05, 0.1) is 29.5 Å². The molecule has 1 aromatic carbocycles. The van der Waals surface area contributed by atoms with Gasteiger partial charge < -0.3 is 20.2 Å². The highest BCUT2D eigenvalue weighted by Crippen LogP contribution is 2.25. The van der Waals surface area contributed by atoms with Crippen molar-refractivity contribution in [1.82, 2.24) is 19.8 Å². The van der Waals surface area contributed by atoms with E-state index in [1.54, 1.807) is 11.8 Å². The van der Waals surface area contributed by atoms with Gasteiger partial charge in [0.1, 0.15) is 11.6 Å². The summed E-state index contributed by atoms with van der Waals surface area (Å²) in [7, 11) is 0. The van der Waals surface area contributed by atoms with E-state index in [0.29, 0.717) is 35.7 Å². The summed E-state index contributed by atoms with van der Waals surface area (Å²) in [6, 6.07) is 8.04. The zero-order valence-electron chi connectivity index (χ0n) is 20.2. The standard InChI is InChI=1S/C25H27FN6O4/c1-17(23(33)29-21-14-28-22(15-27-21)36-20-6-4-19(26)5-7-20)30-12-13-32(25(2,3)16-30)24(34)18-8-10-31(35)11-9-18/h4-11,14-15,17H,12-13,16H2,1-3H3,(H,27,29,33)/t17-/m1/s1. The van der Waals surface area contributed by atoms with E-state index in [4.69, 9.17) is 4.74 Å². The molecular weight excluding hydrogens is 467 g/mol. The number of aromatic nitrogens is 3. The first kappa shape index (κ1) is 25.0. The molecule has 36 heavy (non-hydrogen) atoms. The van der Waals surface area contributed by atoms with Gasteiger partial charge in [-0.25, -0.2) is 14.4 Å². The van der Waals surface area contributed by atoms with Gasteiger partial charge >= 0.3 is 0 Å². The maximum Gasteiger partial charge on any atom is 0.254 e. The quantitative estimate of drug-likeness (QED) is 0.414. The lowest BCUT2D eigenvalue weighted by Crippen LogP contribution is -2.63. The van der Waals surface area contributed by atoms with Crippen molar-refractivity contribution in [1.29, 1.82) is 0 Å². The van der Waals surface area contributed by atoms with Crippen LogP contribution in [0.2, 0.25) is 0 Å². The van der Waals surface area contributed by atoms with E-state index < -0.39 is 11.6 Å². The molecule has 1 N–H and O–H groups in total. The number of pyridine rings is 1. The van der Waals surface area contributed by atoms with Gasteiger partial charge in [0.25, 0.3) is 5.91 Å². The maximum absolute atomic E-state index is 13.0. The number of hydrogen-bond acceptors (Lipinski definition) is 7. The molecule has 0 unspecified atom stereocenters. The van der Waals surface area contributed by atoms with E-state index in [9.17, 15) is 19.2 Å². The van der Waals surface area contributed by atoms with Crippen molar-refractivity contribution in [2.75, 3.05) is 25.0 Å². The molecule has 2 amide bonds. The van der Waals surface area contributed by atoms with Gasteiger partial charge in [0.15, 0.2) is 18.2 Å². The Morgan fingerprint density at radius 1 is 1.11 bits per heavy atom. The van der Waals surface area contributed by atoms with Crippen LogP contribution in [-0.2, 0) is 4.79 Å². The fraction of sp³-hybridized carbons (Fsp3) is 0.320. The van der Waals surface area contributed by atoms with Crippen molar-refractivity contribution in [3.05, 3.63) is 77.8 Å². The first-order valence-corrected chi connectivity index (χ1v) is 11.4. The Balaban J connectivity index is 1.34. The molecule has 3 heterocycles. The number of hydrogen-bond donors (Lipinski definition) is 1. The van der Waals surface area contributed by atoms with Crippen molar-refractivity contribution >= 4 is 17.6 Å². The minimum absolute atomic E-state index is 0.157. The first-order valence-electron chi connectivity index (χ1n) is 11.4. The van der Waals surface area contributed by atoms with Gasteiger partial charge in [-0.3, -0.25) is 14.5 Å². The van der Waals surface area contributed by atoms with E-state index in [-0.39, 0.29) is 29.3 Å². The summed E-state index contributed by atoms with van der Waals surface area (Å²) in [5.74, 6) is 0.111. The summed E-state index contributed by atoms with van der Waals surface area (Å²) >= 11 is 0.